The first kappa shape index (κ1) is 28.7. The van der Waals surface area contributed by atoms with Crippen molar-refractivity contribution in [3.05, 3.63) is 59.7 Å². The number of fused-ring (bicyclic) bond motifs is 1. The van der Waals surface area contributed by atoms with Crippen LogP contribution in [0, 0.1) is 5.82 Å². The molecule has 200 valence electrons. The van der Waals surface area contributed by atoms with Crippen molar-refractivity contribution in [1.29, 1.82) is 0 Å². The maximum absolute atomic E-state index is 13.2. The minimum Gasteiger partial charge on any atom is -0.464 e. The molecule has 2 aromatic carbocycles. The normalized spacial score (nSPS) is 12.8. The molecular weight excluding hydrogens is 520 g/mol. The second-order valence-electron chi connectivity index (χ2n) is 8.58. The number of nitrogens with zero attached hydrogens (tertiary/aromatic N) is 3. The molecule has 37 heavy (non-hydrogen) atoms. The topological polar surface area (TPSA) is 102 Å². The van der Waals surface area contributed by atoms with E-state index in [0.717, 1.165) is 16.7 Å². The van der Waals surface area contributed by atoms with Gasteiger partial charge in [-0.05, 0) is 49.2 Å². The van der Waals surface area contributed by atoms with Gasteiger partial charge in [0, 0.05) is 44.0 Å². The highest BCUT2D eigenvalue weighted by molar-refractivity contribution is 6.18. The second-order valence-corrected chi connectivity index (χ2v) is 9.34. The van der Waals surface area contributed by atoms with E-state index in [1.807, 2.05) is 29.8 Å². The Morgan fingerprint density at radius 2 is 1.81 bits per heavy atom. The van der Waals surface area contributed by atoms with E-state index < -0.39 is 24.0 Å². The van der Waals surface area contributed by atoms with Crippen LogP contribution in [0.3, 0.4) is 0 Å². The summed E-state index contributed by atoms with van der Waals surface area (Å²) < 4.78 is 20.3. The third-order valence-corrected chi connectivity index (χ3v) is 6.35. The molecule has 3 rings (SSSR count). The molecule has 1 aromatic heterocycles. The Morgan fingerprint density at radius 1 is 1.14 bits per heavy atom. The Balaban J connectivity index is 1.80. The quantitative estimate of drug-likeness (QED) is 0.250. The van der Waals surface area contributed by atoms with E-state index >= 15 is 0 Å². The number of ether oxygens (including phenoxy) is 1. The van der Waals surface area contributed by atoms with E-state index in [4.69, 9.17) is 38.7 Å². The SMILES string of the molecule is CCOC(=O)C(Cc1nc2cc(N(CCCl)CCCl)ccc2n1C)NC(=O)C(N)Cc1ccc(F)cc1. The summed E-state index contributed by atoms with van der Waals surface area (Å²) in [7, 11) is 1.85. The van der Waals surface area contributed by atoms with E-state index in [-0.39, 0.29) is 25.3 Å². The predicted octanol–water partition coefficient (Wildman–Crippen LogP) is 3.16. The highest BCUT2D eigenvalue weighted by Gasteiger charge is 2.27. The molecule has 1 amide bonds. The molecule has 0 fully saturated rings. The van der Waals surface area contributed by atoms with E-state index in [1.165, 1.54) is 12.1 Å². The smallest absolute Gasteiger partial charge is 0.329 e. The fraction of sp³-hybridized carbons (Fsp3) is 0.423. The van der Waals surface area contributed by atoms with Gasteiger partial charge in [0.1, 0.15) is 17.7 Å². The average molecular weight is 552 g/mol. The number of imidazole rings is 1. The van der Waals surface area contributed by atoms with Gasteiger partial charge in [0.25, 0.3) is 0 Å². The van der Waals surface area contributed by atoms with Crippen molar-refractivity contribution in [2.24, 2.45) is 12.8 Å². The minimum atomic E-state index is -0.981. The number of halogens is 3. The molecule has 0 aliphatic carbocycles. The van der Waals surface area contributed by atoms with Gasteiger partial charge < -0.3 is 25.3 Å². The Hall–Kier alpha value is -2.88. The summed E-state index contributed by atoms with van der Waals surface area (Å²) in [4.78, 5) is 32.4. The molecule has 3 N–H and O–H groups in total. The molecule has 0 bridgehead atoms. The lowest BCUT2D eigenvalue weighted by Crippen LogP contribution is -2.50. The first-order chi connectivity index (χ1) is 17.8. The Labute approximate surface area is 225 Å². The van der Waals surface area contributed by atoms with Gasteiger partial charge >= 0.3 is 5.97 Å². The van der Waals surface area contributed by atoms with Gasteiger partial charge in [0.2, 0.25) is 5.91 Å². The van der Waals surface area contributed by atoms with Gasteiger partial charge in [0.05, 0.1) is 23.7 Å². The lowest BCUT2D eigenvalue weighted by Gasteiger charge is -2.22. The Kier molecular flexibility index (Phi) is 10.5. The van der Waals surface area contributed by atoms with Crippen molar-refractivity contribution in [2.75, 3.05) is 36.4 Å². The number of aromatic nitrogens is 2. The zero-order chi connectivity index (χ0) is 26.9. The van der Waals surface area contributed by atoms with Crippen LogP contribution in [0.1, 0.15) is 18.3 Å². The molecule has 0 aliphatic heterocycles. The lowest BCUT2D eigenvalue weighted by atomic mass is 10.1. The van der Waals surface area contributed by atoms with Crippen LogP contribution in [0.25, 0.3) is 11.0 Å². The van der Waals surface area contributed by atoms with Crippen LogP contribution in [0.2, 0.25) is 0 Å². The van der Waals surface area contributed by atoms with Gasteiger partial charge in [-0.15, -0.1) is 23.2 Å². The van der Waals surface area contributed by atoms with Crippen LogP contribution < -0.4 is 16.0 Å². The molecule has 8 nitrogen and oxygen atoms in total. The average Bonchev–Trinajstić information content (AvgIpc) is 3.19. The summed E-state index contributed by atoms with van der Waals surface area (Å²) in [6, 6.07) is 9.73. The van der Waals surface area contributed by atoms with Crippen LogP contribution in [0.5, 0.6) is 0 Å². The second kappa shape index (κ2) is 13.6. The van der Waals surface area contributed by atoms with Gasteiger partial charge in [-0.2, -0.15) is 0 Å². The molecular formula is C26H32Cl2FN5O3. The molecule has 2 atom stereocenters. The third kappa shape index (κ3) is 7.56. The number of aryl methyl sites for hydroxylation is 1. The summed E-state index contributed by atoms with van der Waals surface area (Å²) in [5, 5.41) is 2.71. The lowest BCUT2D eigenvalue weighted by molar-refractivity contribution is -0.147. The molecule has 3 aromatic rings. The number of nitrogens with one attached hydrogen (secondary N) is 1. The minimum absolute atomic E-state index is 0.113. The number of carbonyl (C=O) groups is 2. The van der Waals surface area contributed by atoms with E-state index in [9.17, 15) is 14.0 Å². The molecule has 0 aliphatic rings. The van der Waals surface area contributed by atoms with Crippen molar-refractivity contribution in [3.63, 3.8) is 0 Å². The van der Waals surface area contributed by atoms with E-state index in [1.54, 1.807) is 19.1 Å². The highest BCUT2D eigenvalue weighted by atomic mass is 35.5. The number of anilines is 1. The zero-order valence-corrected chi connectivity index (χ0v) is 22.4. The number of alkyl halides is 2. The fourth-order valence-electron chi connectivity index (χ4n) is 4.06. The first-order valence-electron chi connectivity index (χ1n) is 12.1. The van der Waals surface area contributed by atoms with Crippen molar-refractivity contribution < 1.29 is 18.7 Å². The maximum Gasteiger partial charge on any atom is 0.329 e. The van der Waals surface area contributed by atoms with Gasteiger partial charge in [-0.25, -0.2) is 14.2 Å². The summed E-state index contributed by atoms with van der Waals surface area (Å²) in [6.07, 6.45) is 0.305. The number of hydrogen-bond donors (Lipinski definition) is 2. The standard InChI is InChI=1S/C26H32Cl2FN5O3/c1-3-37-26(36)22(32-25(35)20(30)14-17-4-6-18(29)7-5-17)16-24-31-21-15-19(8-9-23(21)33(24)2)34(12-10-27)13-11-28/h4-9,15,20,22H,3,10-14,16,30H2,1-2H3,(H,32,35). The van der Waals surface area contributed by atoms with Gasteiger partial charge in [-0.1, -0.05) is 12.1 Å². The molecule has 1 heterocycles. The highest BCUT2D eigenvalue weighted by Crippen LogP contribution is 2.23. The fourth-order valence-corrected chi connectivity index (χ4v) is 4.46. The Bertz CT molecular complexity index is 1200. The maximum atomic E-state index is 13.2. The zero-order valence-electron chi connectivity index (χ0n) is 20.9. The van der Waals surface area contributed by atoms with Crippen molar-refractivity contribution in [3.8, 4) is 0 Å². The summed E-state index contributed by atoms with van der Waals surface area (Å²) in [6.45, 7) is 3.15. The third-order valence-electron chi connectivity index (χ3n) is 6.01. The van der Waals surface area contributed by atoms with Crippen LogP contribution in [0.15, 0.2) is 42.5 Å². The number of benzene rings is 2. The predicted molar refractivity (Wildman–Crippen MR) is 145 cm³/mol. The van der Waals surface area contributed by atoms with Gasteiger partial charge in [-0.3, -0.25) is 4.79 Å². The van der Waals surface area contributed by atoms with Crippen LogP contribution in [-0.2, 0) is 34.2 Å². The summed E-state index contributed by atoms with van der Waals surface area (Å²) >= 11 is 11.9. The van der Waals surface area contributed by atoms with E-state index in [0.29, 0.717) is 36.2 Å². The number of nitrogens with two attached hydrogens (primary N) is 1. The van der Waals surface area contributed by atoms with Crippen LogP contribution in [-0.4, -0.2) is 65.0 Å². The molecule has 0 saturated heterocycles. The van der Waals surface area contributed by atoms with Crippen LogP contribution in [0.4, 0.5) is 10.1 Å². The number of amides is 1. The monoisotopic (exact) mass is 551 g/mol. The molecule has 0 spiro atoms. The number of rotatable bonds is 13. The molecule has 2 unspecified atom stereocenters. The van der Waals surface area contributed by atoms with Gasteiger partial charge in [0.15, 0.2) is 0 Å². The summed E-state index contributed by atoms with van der Waals surface area (Å²) in [5.74, 6) is 0.0664. The Morgan fingerprint density at radius 3 is 2.43 bits per heavy atom. The number of carbonyl (C=O) groups excluding carboxylic acids is 2. The van der Waals surface area contributed by atoms with E-state index in [2.05, 4.69) is 10.2 Å². The first-order valence-corrected chi connectivity index (χ1v) is 13.1. The molecule has 0 radical (unpaired) electrons. The number of esters is 1. The molecule has 11 heteroatoms. The van der Waals surface area contributed by atoms with Crippen molar-refractivity contribution in [1.82, 2.24) is 14.9 Å². The van der Waals surface area contributed by atoms with Crippen LogP contribution >= 0.6 is 23.2 Å². The molecule has 0 saturated carbocycles. The van der Waals surface area contributed by atoms with Crippen molar-refractivity contribution in [2.45, 2.75) is 31.8 Å². The summed E-state index contributed by atoms with van der Waals surface area (Å²) in [5.41, 5.74) is 9.35. The van der Waals surface area contributed by atoms with Crippen molar-refractivity contribution >= 4 is 51.8 Å². The number of hydrogen-bond acceptors (Lipinski definition) is 6. The largest absolute Gasteiger partial charge is 0.464 e.